The second-order valence-electron chi connectivity index (χ2n) is 5.20. The molecule has 1 aliphatic heterocycles. The number of hydrogen-bond acceptors (Lipinski definition) is 6. The standard InChI is InChI=1S/C12H18N4O4S/c1-15-6-2-3-9(8-15)14-21(19,20)10-4-5-11(13)12(7-10)16(17)18/h4-5,7,9,14H,2-3,6,8,13H2,1H3. The van der Waals surface area contributed by atoms with Crippen molar-refractivity contribution in [1.82, 2.24) is 9.62 Å². The first kappa shape index (κ1) is 15.7. The minimum atomic E-state index is -3.79. The molecule has 0 saturated carbocycles. The molecule has 3 N–H and O–H groups in total. The fourth-order valence-corrected chi connectivity index (χ4v) is 3.68. The average molecular weight is 314 g/mol. The molecule has 0 aliphatic carbocycles. The van der Waals surface area contributed by atoms with Gasteiger partial charge in [-0.05, 0) is 38.6 Å². The Morgan fingerprint density at radius 3 is 2.81 bits per heavy atom. The maximum absolute atomic E-state index is 12.3. The number of anilines is 1. The van der Waals surface area contributed by atoms with Crippen LogP contribution in [0.25, 0.3) is 0 Å². The summed E-state index contributed by atoms with van der Waals surface area (Å²) in [6.07, 6.45) is 1.66. The first-order valence-electron chi connectivity index (χ1n) is 6.54. The van der Waals surface area contributed by atoms with Gasteiger partial charge in [-0.25, -0.2) is 13.1 Å². The number of nitrogens with one attached hydrogen (secondary N) is 1. The second-order valence-corrected chi connectivity index (χ2v) is 6.91. The maximum atomic E-state index is 12.3. The molecule has 0 amide bonds. The Hall–Kier alpha value is -1.71. The van der Waals surface area contributed by atoms with Crippen molar-refractivity contribution in [2.24, 2.45) is 0 Å². The molecule has 9 heteroatoms. The van der Waals surface area contributed by atoms with Gasteiger partial charge in [0.05, 0.1) is 9.82 Å². The predicted molar refractivity (Wildman–Crippen MR) is 78.3 cm³/mol. The molecule has 8 nitrogen and oxygen atoms in total. The number of likely N-dealkylation sites (N-methyl/N-ethyl adjacent to an activating group) is 1. The van der Waals surface area contributed by atoms with Crippen LogP contribution in [0.4, 0.5) is 11.4 Å². The summed E-state index contributed by atoms with van der Waals surface area (Å²) in [4.78, 5) is 12.0. The number of nitrogen functional groups attached to an aromatic ring is 1. The Labute approximate surface area is 123 Å². The van der Waals surface area contributed by atoms with E-state index in [0.29, 0.717) is 6.54 Å². The minimum Gasteiger partial charge on any atom is -0.393 e. The van der Waals surface area contributed by atoms with Crippen LogP contribution in [0, 0.1) is 10.1 Å². The van der Waals surface area contributed by atoms with E-state index >= 15 is 0 Å². The van der Waals surface area contributed by atoms with Crippen LogP contribution in [0.15, 0.2) is 23.1 Å². The van der Waals surface area contributed by atoms with Crippen LogP contribution in [-0.2, 0) is 10.0 Å². The lowest BCUT2D eigenvalue weighted by Crippen LogP contribution is -2.46. The Bertz CT molecular complexity index is 647. The molecule has 0 spiro atoms. The topological polar surface area (TPSA) is 119 Å². The van der Waals surface area contributed by atoms with E-state index in [0.717, 1.165) is 25.5 Å². The van der Waals surface area contributed by atoms with Gasteiger partial charge >= 0.3 is 0 Å². The monoisotopic (exact) mass is 314 g/mol. The van der Waals surface area contributed by atoms with Crippen molar-refractivity contribution in [3.05, 3.63) is 28.3 Å². The fourth-order valence-electron chi connectivity index (χ4n) is 2.40. The molecule has 1 unspecified atom stereocenters. The lowest BCUT2D eigenvalue weighted by molar-refractivity contribution is -0.384. The highest BCUT2D eigenvalue weighted by atomic mass is 32.2. The SMILES string of the molecule is CN1CCCC(NS(=O)(=O)c2ccc(N)c([N+](=O)[O-])c2)C1. The molecular weight excluding hydrogens is 296 g/mol. The highest BCUT2D eigenvalue weighted by Gasteiger charge is 2.25. The van der Waals surface area contributed by atoms with Gasteiger partial charge in [0.2, 0.25) is 10.0 Å². The van der Waals surface area contributed by atoms with Crippen molar-refractivity contribution in [3.63, 3.8) is 0 Å². The summed E-state index contributed by atoms with van der Waals surface area (Å²) in [5, 5.41) is 10.8. The Kier molecular flexibility index (Phi) is 4.45. The molecule has 116 valence electrons. The molecule has 1 atom stereocenters. The summed E-state index contributed by atoms with van der Waals surface area (Å²) in [6.45, 7) is 1.56. The van der Waals surface area contributed by atoms with E-state index in [9.17, 15) is 18.5 Å². The van der Waals surface area contributed by atoms with E-state index in [-0.39, 0.29) is 16.6 Å². The van der Waals surface area contributed by atoms with E-state index in [2.05, 4.69) is 4.72 Å². The molecule has 1 heterocycles. The van der Waals surface area contributed by atoms with Gasteiger partial charge in [0.1, 0.15) is 5.69 Å². The number of nitrogens with zero attached hydrogens (tertiary/aromatic N) is 2. The lowest BCUT2D eigenvalue weighted by atomic mass is 10.1. The van der Waals surface area contributed by atoms with Crippen LogP contribution in [0.5, 0.6) is 0 Å². The normalized spacial score (nSPS) is 20.3. The molecule has 21 heavy (non-hydrogen) atoms. The summed E-state index contributed by atoms with van der Waals surface area (Å²) in [5.41, 5.74) is 5.01. The number of sulfonamides is 1. The van der Waals surface area contributed by atoms with Gasteiger partial charge in [-0.3, -0.25) is 10.1 Å². The summed E-state index contributed by atoms with van der Waals surface area (Å²) in [7, 11) is -1.87. The van der Waals surface area contributed by atoms with Crippen LogP contribution in [0.3, 0.4) is 0 Å². The number of likely N-dealkylation sites (tertiary alicyclic amines) is 1. The van der Waals surface area contributed by atoms with Crippen LogP contribution >= 0.6 is 0 Å². The number of piperidine rings is 1. The Morgan fingerprint density at radius 1 is 1.48 bits per heavy atom. The van der Waals surface area contributed by atoms with Crippen molar-refractivity contribution in [3.8, 4) is 0 Å². The van der Waals surface area contributed by atoms with Gasteiger partial charge in [-0.15, -0.1) is 0 Å². The van der Waals surface area contributed by atoms with Crippen molar-refractivity contribution >= 4 is 21.4 Å². The third-order valence-corrected chi connectivity index (χ3v) is 4.97. The molecule has 0 radical (unpaired) electrons. The number of nitro benzene ring substituents is 1. The first-order valence-corrected chi connectivity index (χ1v) is 8.03. The molecule has 1 fully saturated rings. The molecular formula is C12H18N4O4S. The second kappa shape index (κ2) is 5.96. The molecule has 0 bridgehead atoms. The lowest BCUT2D eigenvalue weighted by Gasteiger charge is -2.29. The Balaban J connectivity index is 2.23. The molecule has 1 aromatic rings. The molecule has 1 aromatic carbocycles. The molecule has 0 aromatic heterocycles. The summed E-state index contributed by atoms with van der Waals surface area (Å²) < 4.78 is 27.2. The molecule has 1 saturated heterocycles. The quantitative estimate of drug-likeness (QED) is 0.476. The third-order valence-electron chi connectivity index (χ3n) is 3.46. The van der Waals surface area contributed by atoms with Crippen LogP contribution < -0.4 is 10.5 Å². The fraction of sp³-hybridized carbons (Fsp3) is 0.500. The van der Waals surface area contributed by atoms with Gasteiger partial charge in [-0.1, -0.05) is 0 Å². The first-order chi connectivity index (χ1) is 9.79. The Morgan fingerprint density at radius 2 is 2.19 bits per heavy atom. The summed E-state index contributed by atoms with van der Waals surface area (Å²) >= 11 is 0. The zero-order valence-corrected chi connectivity index (χ0v) is 12.5. The zero-order valence-electron chi connectivity index (χ0n) is 11.7. The minimum absolute atomic E-state index is 0.0589. The van der Waals surface area contributed by atoms with Gasteiger partial charge in [0.15, 0.2) is 0 Å². The van der Waals surface area contributed by atoms with Crippen LogP contribution in [0.2, 0.25) is 0 Å². The van der Waals surface area contributed by atoms with Crippen LogP contribution in [-0.4, -0.2) is 44.4 Å². The molecule has 1 aliphatic rings. The highest BCUT2D eigenvalue weighted by molar-refractivity contribution is 7.89. The van der Waals surface area contributed by atoms with Crippen molar-refractivity contribution < 1.29 is 13.3 Å². The largest absolute Gasteiger partial charge is 0.393 e. The predicted octanol–water partition coefficient (Wildman–Crippen LogP) is 0.550. The van der Waals surface area contributed by atoms with Gasteiger partial charge in [0.25, 0.3) is 5.69 Å². The van der Waals surface area contributed by atoms with Gasteiger partial charge in [-0.2, -0.15) is 0 Å². The van der Waals surface area contributed by atoms with Crippen LogP contribution in [0.1, 0.15) is 12.8 Å². The van der Waals surface area contributed by atoms with Gasteiger partial charge < -0.3 is 10.6 Å². The number of hydrogen-bond donors (Lipinski definition) is 2. The zero-order chi connectivity index (χ0) is 15.6. The molecule has 2 rings (SSSR count). The van der Waals surface area contributed by atoms with E-state index in [1.54, 1.807) is 0 Å². The number of rotatable bonds is 4. The van der Waals surface area contributed by atoms with Crippen molar-refractivity contribution in [2.45, 2.75) is 23.8 Å². The van der Waals surface area contributed by atoms with E-state index in [1.165, 1.54) is 12.1 Å². The number of nitrogens with two attached hydrogens (primary N) is 1. The van der Waals surface area contributed by atoms with E-state index in [1.807, 2.05) is 11.9 Å². The third kappa shape index (κ3) is 3.69. The average Bonchev–Trinajstić information content (AvgIpc) is 2.38. The smallest absolute Gasteiger partial charge is 0.293 e. The van der Waals surface area contributed by atoms with Gasteiger partial charge in [0, 0.05) is 18.7 Å². The maximum Gasteiger partial charge on any atom is 0.293 e. The van der Waals surface area contributed by atoms with E-state index < -0.39 is 20.6 Å². The summed E-state index contributed by atoms with van der Waals surface area (Å²) in [6, 6.07) is 3.31. The number of nitro groups is 1. The highest BCUT2D eigenvalue weighted by Crippen LogP contribution is 2.25. The number of benzene rings is 1. The van der Waals surface area contributed by atoms with E-state index in [4.69, 9.17) is 5.73 Å². The van der Waals surface area contributed by atoms with Crippen molar-refractivity contribution in [1.29, 1.82) is 0 Å². The summed E-state index contributed by atoms with van der Waals surface area (Å²) in [5.74, 6) is 0. The van der Waals surface area contributed by atoms with Crippen molar-refractivity contribution in [2.75, 3.05) is 25.9 Å².